The molecule has 0 radical (unpaired) electrons. The van der Waals surface area contributed by atoms with E-state index in [1.54, 1.807) is 0 Å². The lowest BCUT2D eigenvalue weighted by molar-refractivity contribution is 0.454. The zero-order valence-electron chi connectivity index (χ0n) is 18.4. The van der Waals surface area contributed by atoms with E-state index in [0.717, 1.165) is 46.2 Å². The number of phenols is 2. The fourth-order valence-electron chi connectivity index (χ4n) is 3.76. The Morgan fingerprint density at radius 2 is 1.29 bits per heavy atom. The van der Waals surface area contributed by atoms with Gasteiger partial charge in [0, 0.05) is 17.0 Å². The monoisotopic (exact) mass is 378 g/mol. The Kier molecular flexibility index (Phi) is 7.12. The minimum Gasteiger partial charge on any atom is -0.507 e. The molecule has 0 spiro atoms. The minimum atomic E-state index is -0.191. The van der Waals surface area contributed by atoms with E-state index in [1.165, 1.54) is 11.1 Å². The summed E-state index contributed by atoms with van der Waals surface area (Å²) in [5.41, 5.74) is 8.20. The second kappa shape index (κ2) is 9.14. The van der Waals surface area contributed by atoms with Gasteiger partial charge in [0.2, 0.25) is 0 Å². The van der Waals surface area contributed by atoms with Gasteiger partial charge in [0.15, 0.2) is 0 Å². The van der Waals surface area contributed by atoms with Gasteiger partial charge in [-0.25, -0.2) is 0 Å². The van der Waals surface area contributed by atoms with Crippen molar-refractivity contribution in [2.75, 3.05) is 0 Å². The van der Waals surface area contributed by atoms with Crippen LogP contribution in [0, 0.1) is 27.7 Å². The largest absolute Gasteiger partial charge is 0.507 e. The van der Waals surface area contributed by atoms with Crippen molar-refractivity contribution in [3.05, 3.63) is 80.9 Å². The lowest BCUT2D eigenvalue weighted by Gasteiger charge is -2.21. The number of aromatic hydroxyl groups is 2. The molecule has 2 heteroatoms. The summed E-state index contributed by atoms with van der Waals surface area (Å²) in [7, 11) is 0. The van der Waals surface area contributed by atoms with Crippen molar-refractivity contribution in [2.45, 2.75) is 67.2 Å². The van der Waals surface area contributed by atoms with Crippen LogP contribution in [0.5, 0.6) is 11.5 Å². The molecule has 2 aromatic rings. The van der Waals surface area contributed by atoms with Gasteiger partial charge in [-0.15, -0.1) is 0 Å². The molecule has 0 unspecified atom stereocenters. The number of hydrogen-bond donors (Lipinski definition) is 2. The summed E-state index contributed by atoms with van der Waals surface area (Å²) in [5.74, 6) is 0.425. The maximum Gasteiger partial charge on any atom is 0.122 e. The van der Waals surface area contributed by atoms with Crippen molar-refractivity contribution in [3.63, 3.8) is 0 Å². The fraction of sp³-hybridized carbons (Fsp3) is 0.385. The van der Waals surface area contributed by atoms with Crippen LogP contribution in [0.4, 0.5) is 0 Å². The molecule has 0 saturated heterocycles. The van der Waals surface area contributed by atoms with Gasteiger partial charge in [-0.3, -0.25) is 0 Å². The summed E-state index contributed by atoms with van der Waals surface area (Å²) >= 11 is 0. The lowest BCUT2D eigenvalue weighted by Crippen LogP contribution is -2.03. The molecular formula is C26H34O2. The van der Waals surface area contributed by atoms with Crippen LogP contribution in [0.3, 0.4) is 0 Å². The average molecular weight is 379 g/mol. The molecule has 2 nitrogen and oxygen atoms in total. The highest BCUT2D eigenvalue weighted by Crippen LogP contribution is 2.41. The summed E-state index contributed by atoms with van der Waals surface area (Å²) in [6.07, 6.45) is 6.39. The second-order valence-corrected chi connectivity index (χ2v) is 8.35. The van der Waals surface area contributed by atoms with E-state index in [0.29, 0.717) is 11.5 Å². The van der Waals surface area contributed by atoms with Gasteiger partial charge in [0.25, 0.3) is 0 Å². The van der Waals surface area contributed by atoms with Crippen molar-refractivity contribution in [1.29, 1.82) is 0 Å². The van der Waals surface area contributed by atoms with Crippen molar-refractivity contribution >= 4 is 0 Å². The standard InChI is InChI=1S/C26H34O2/c1-16(2)9-8-10-17(3)13-22(23-14-18(4)11-20(6)25(23)27)24-15-19(5)12-21(7)26(24)28/h9,11-15,22,27-28H,8,10H2,1-7H3/b17-13+. The maximum absolute atomic E-state index is 10.8. The molecule has 0 aliphatic heterocycles. The predicted octanol–water partition coefficient (Wildman–Crippen LogP) is 7.16. The summed E-state index contributed by atoms with van der Waals surface area (Å²) in [5, 5.41) is 21.6. The molecule has 2 rings (SSSR count). The normalized spacial score (nSPS) is 11.8. The Balaban J connectivity index is 2.62. The lowest BCUT2D eigenvalue weighted by atomic mass is 9.84. The predicted molar refractivity (Wildman–Crippen MR) is 119 cm³/mol. The number of rotatable bonds is 6. The van der Waals surface area contributed by atoms with Gasteiger partial charge in [-0.05, 0) is 72.4 Å². The second-order valence-electron chi connectivity index (χ2n) is 8.35. The molecule has 2 aromatic carbocycles. The van der Waals surface area contributed by atoms with E-state index in [9.17, 15) is 10.2 Å². The van der Waals surface area contributed by atoms with Crippen molar-refractivity contribution in [3.8, 4) is 11.5 Å². The van der Waals surface area contributed by atoms with Crippen LogP contribution < -0.4 is 0 Å². The van der Waals surface area contributed by atoms with Crippen LogP contribution in [-0.2, 0) is 0 Å². The summed E-state index contributed by atoms with van der Waals surface area (Å²) in [6, 6.07) is 8.04. The molecule has 150 valence electrons. The Hall–Kier alpha value is -2.48. The topological polar surface area (TPSA) is 40.5 Å². The van der Waals surface area contributed by atoms with Gasteiger partial charge in [0.1, 0.15) is 11.5 Å². The van der Waals surface area contributed by atoms with E-state index < -0.39 is 0 Å². The maximum atomic E-state index is 10.8. The van der Waals surface area contributed by atoms with E-state index in [-0.39, 0.29) is 5.92 Å². The quantitative estimate of drug-likeness (QED) is 0.524. The summed E-state index contributed by atoms with van der Waals surface area (Å²) < 4.78 is 0. The van der Waals surface area contributed by atoms with Crippen LogP contribution >= 0.6 is 0 Å². The van der Waals surface area contributed by atoms with E-state index in [2.05, 4.69) is 32.9 Å². The van der Waals surface area contributed by atoms with Crippen LogP contribution in [0.15, 0.2) is 47.6 Å². The molecule has 0 heterocycles. The first-order chi connectivity index (χ1) is 13.1. The van der Waals surface area contributed by atoms with E-state index in [1.807, 2.05) is 52.0 Å². The van der Waals surface area contributed by atoms with Crippen LogP contribution in [0.1, 0.15) is 72.9 Å². The smallest absolute Gasteiger partial charge is 0.122 e. The molecular weight excluding hydrogens is 344 g/mol. The molecule has 0 fully saturated rings. The highest BCUT2D eigenvalue weighted by Gasteiger charge is 2.22. The number of phenolic OH excluding ortho intramolecular Hbond substituents is 2. The van der Waals surface area contributed by atoms with Crippen molar-refractivity contribution < 1.29 is 10.2 Å². The average Bonchev–Trinajstić information content (AvgIpc) is 2.59. The number of benzene rings is 2. The Morgan fingerprint density at radius 3 is 1.71 bits per heavy atom. The zero-order chi connectivity index (χ0) is 21.0. The summed E-state index contributed by atoms with van der Waals surface area (Å²) in [4.78, 5) is 0. The van der Waals surface area contributed by atoms with E-state index >= 15 is 0 Å². The van der Waals surface area contributed by atoms with Crippen molar-refractivity contribution in [2.24, 2.45) is 0 Å². The molecule has 0 aliphatic rings. The Morgan fingerprint density at radius 1 is 0.821 bits per heavy atom. The van der Waals surface area contributed by atoms with Gasteiger partial charge in [-0.1, -0.05) is 58.7 Å². The molecule has 2 N–H and O–H groups in total. The highest BCUT2D eigenvalue weighted by atomic mass is 16.3. The number of aryl methyl sites for hydroxylation is 4. The van der Waals surface area contributed by atoms with Gasteiger partial charge >= 0.3 is 0 Å². The molecule has 0 aromatic heterocycles. The van der Waals surface area contributed by atoms with Crippen LogP contribution in [-0.4, -0.2) is 10.2 Å². The number of hydrogen-bond acceptors (Lipinski definition) is 2. The Bertz CT molecular complexity index is 855. The fourth-order valence-corrected chi connectivity index (χ4v) is 3.76. The molecule has 0 bridgehead atoms. The first-order valence-electron chi connectivity index (χ1n) is 10.0. The third-order valence-corrected chi connectivity index (χ3v) is 5.16. The zero-order valence-corrected chi connectivity index (χ0v) is 18.4. The van der Waals surface area contributed by atoms with Crippen LogP contribution in [0.2, 0.25) is 0 Å². The van der Waals surface area contributed by atoms with E-state index in [4.69, 9.17) is 0 Å². The Labute approximate surface area is 170 Å². The SMILES string of the molecule is CC(C)=CCC/C(C)=C/C(c1cc(C)cc(C)c1O)c1cc(C)cc(C)c1O. The molecule has 0 aliphatic carbocycles. The number of allylic oxidation sites excluding steroid dienone is 4. The van der Waals surface area contributed by atoms with Crippen LogP contribution in [0.25, 0.3) is 0 Å². The molecule has 0 saturated carbocycles. The minimum absolute atomic E-state index is 0.191. The molecule has 0 atom stereocenters. The third kappa shape index (κ3) is 5.28. The summed E-state index contributed by atoms with van der Waals surface area (Å²) in [6.45, 7) is 14.3. The van der Waals surface area contributed by atoms with Gasteiger partial charge in [-0.2, -0.15) is 0 Å². The van der Waals surface area contributed by atoms with Gasteiger partial charge < -0.3 is 10.2 Å². The third-order valence-electron chi connectivity index (χ3n) is 5.16. The molecule has 0 amide bonds. The first-order valence-corrected chi connectivity index (χ1v) is 10.0. The highest BCUT2D eigenvalue weighted by molar-refractivity contribution is 5.55. The first kappa shape index (κ1) is 21.8. The van der Waals surface area contributed by atoms with Gasteiger partial charge in [0.05, 0.1) is 0 Å². The molecule has 28 heavy (non-hydrogen) atoms. The van der Waals surface area contributed by atoms with Crippen molar-refractivity contribution in [1.82, 2.24) is 0 Å².